The molecule has 0 saturated carbocycles. The van der Waals surface area contributed by atoms with Crippen molar-refractivity contribution < 1.29 is 4.79 Å². The van der Waals surface area contributed by atoms with E-state index in [-0.39, 0.29) is 5.91 Å². The third-order valence-corrected chi connectivity index (χ3v) is 4.92. The summed E-state index contributed by atoms with van der Waals surface area (Å²) in [5, 5.41) is 0. The third kappa shape index (κ3) is 2.37. The van der Waals surface area contributed by atoms with E-state index in [2.05, 4.69) is 12.2 Å². The van der Waals surface area contributed by atoms with Crippen molar-refractivity contribution in [2.45, 2.75) is 12.8 Å². The van der Waals surface area contributed by atoms with Gasteiger partial charge in [0, 0.05) is 36.7 Å². The first-order valence-electron chi connectivity index (χ1n) is 7.99. The van der Waals surface area contributed by atoms with Crippen LogP contribution in [0.4, 0.5) is 0 Å². The number of fused-ring (bicyclic) bond motifs is 1. The van der Waals surface area contributed by atoms with Gasteiger partial charge in [0.15, 0.2) is 0 Å². The minimum absolute atomic E-state index is 0.174. The van der Waals surface area contributed by atoms with Crippen LogP contribution in [0.1, 0.15) is 23.2 Å². The molecule has 1 aromatic heterocycles. The molecular formula is C19H20N2O. The molecule has 1 aliphatic carbocycles. The van der Waals surface area contributed by atoms with Crippen molar-refractivity contribution in [3.63, 3.8) is 0 Å². The van der Waals surface area contributed by atoms with Gasteiger partial charge in [-0.2, -0.15) is 0 Å². The molecule has 2 aliphatic rings. The highest BCUT2D eigenvalue weighted by Gasteiger charge is 2.35. The number of aromatic nitrogens is 1. The first-order valence-corrected chi connectivity index (χ1v) is 7.99. The van der Waals surface area contributed by atoms with E-state index < -0.39 is 0 Å². The van der Waals surface area contributed by atoms with Crippen molar-refractivity contribution in [2.75, 3.05) is 13.1 Å². The second-order valence-electron chi connectivity index (χ2n) is 6.31. The highest BCUT2D eigenvalue weighted by atomic mass is 16.2. The van der Waals surface area contributed by atoms with Crippen molar-refractivity contribution in [1.29, 1.82) is 0 Å². The molecule has 0 spiro atoms. The maximum absolute atomic E-state index is 12.7. The van der Waals surface area contributed by atoms with Crippen molar-refractivity contribution in [2.24, 2.45) is 11.8 Å². The second-order valence-corrected chi connectivity index (χ2v) is 6.31. The van der Waals surface area contributed by atoms with Gasteiger partial charge in [-0.1, -0.05) is 12.2 Å². The maximum atomic E-state index is 12.7. The number of carbonyl (C=O) groups is 1. The number of hydrogen-bond donors (Lipinski definition) is 0. The van der Waals surface area contributed by atoms with Gasteiger partial charge in [-0.05, 0) is 61.1 Å². The Bertz CT molecular complexity index is 669. The van der Waals surface area contributed by atoms with Gasteiger partial charge < -0.3 is 9.47 Å². The lowest BCUT2D eigenvalue weighted by molar-refractivity contribution is 0.0784. The number of likely N-dealkylation sites (tertiary alicyclic amines) is 1. The third-order valence-electron chi connectivity index (χ3n) is 4.92. The van der Waals surface area contributed by atoms with E-state index in [9.17, 15) is 4.79 Å². The fraction of sp³-hybridized carbons (Fsp3) is 0.316. The second kappa shape index (κ2) is 5.48. The van der Waals surface area contributed by atoms with Crippen LogP contribution in [-0.4, -0.2) is 28.5 Å². The van der Waals surface area contributed by atoms with E-state index in [0.717, 1.165) is 37.2 Å². The highest BCUT2D eigenvalue weighted by molar-refractivity contribution is 5.94. The van der Waals surface area contributed by atoms with Crippen molar-refractivity contribution in [1.82, 2.24) is 9.47 Å². The minimum atomic E-state index is 0.174. The highest BCUT2D eigenvalue weighted by Crippen LogP contribution is 2.33. The zero-order chi connectivity index (χ0) is 14.9. The van der Waals surface area contributed by atoms with Crippen LogP contribution in [0.5, 0.6) is 0 Å². The summed E-state index contributed by atoms with van der Waals surface area (Å²) in [7, 11) is 0. The number of amides is 1. The quantitative estimate of drug-likeness (QED) is 0.778. The molecule has 2 aromatic rings. The van der Waals surface area contributed by atoms with Crippen LogP contribution in [0.3, 0.4) is 0 Å². The molecule has 1 amide bonds. The van der Waals surface area contributed by atoms with E-state index in [1.54, 1.807) is 0 Å². The lowest BCUT2D eigenvalue weighted by Crippen LogP contribution is -2.28. The Morgan fingerprint density at radius 1 is 0.909 bits per heavy atom. The molecule has 0 N–H and O–H groups in total. The summed E-state index contributed by atoms with van der Waals surface area (Å²) in [6.07, 6.45) is 10.8. The zero-order valence-corrected chi connectivity index (χ0v) is 12.6. The number of hydrogen-bond acceptors (Lipinski definition) is 1. The molecule has 1 fully saturated rings. The van der Waals surface area contributed by atoms with Gasteiger partial charge in [-0.25, -0.2) is 0 Å². The van der Waals surface area contributed by atoms with Gasteiger partial charge in [0.1, 0.15) is 0 Å². The van der Waals surface area contributed by atoms with Crippen molar-refractivity contribution >= 4 is 5.91 Å². The molecule has 3 heteroatoms. The molecule has 4 rings (SSSR count). The van der Waals surface area contributed by atoms with Crippen LogP contribution in [-0.2, 0) is 0 Å². The largest absolute Gasteiger partial charge is 0.338 e. The summed E-state index contributed by atoms with van der Waals surface area (Å²) < 4.78 is 2.05. The molecule has 1 saturated heterocycles. The summed E-state index contributed by atoms with van der Waals surface area (Å²) in [5.74, 6) is 1.50. The summed E-state index contributed by atoms with van der Waals surface area (Å²) in [6, 6.07) is 11.9. The van der Waals surface area contributed by atoms with Gasteiger partial charge in [0.05, 0.1) is 0 Å². The average molecular weight is 292 g/mol. The van der Waals surface area contributed by atoms with Gasteiger partial charge in [-0.3, -0.25) is 4.79 Å². The van der Waals surface area contributed by atoms with Crippen molar-refractivity contribution in [3.05, 3.63) is 66.5 Å². The van der Waals surface area contributed by atoms with Crippen LogP contribution < -0.4 is 0 Å². The van der Waals surface area contributed by atoms with Crippen LogP contribution in [0.25, 0.3) is 5.69 Å². The van der Waals surface area contributed by atoms with Crippen LogP contribution in [0.15, 0.2) is 60.9 Å². The number of benzene rings is 1. The van der Waals surface area contributed by atoms with Crippen LogP contribution >= 0.6 is 0 Å². The molecule has 1 aliphatic heterocycles. The monoisotopic (exact) mass is 292 g/mol. The Morgan fingerprint density at radius 2 is 1.50 bits per heavy atom. The normalized spacial score (nSPS) is 23.5. The molecule has 2 unspecified atom stereocenters. The number of allylic oxidation sites excluding steroid dienone is 2. The maximum Gasteiger partial charge on any atom is 0.253 e. The first-order chi connectivity index (χ1) is 10.8. The molecule has 0 bridgehead atoms. The molecule has 22 heavy (non-hydrogen) atoms. The Kier molecular flexibility index (Phi) is 3.34. The Morgan fingerprint density at radius 3 is 2.09 bits per heavy atom. The topological polar surface area (TPSA) is 25.2 Å². The minimum Gasteiger partial charge on any atom is -0.338 e. The summed E-state index contributed by atoms with van der Waals surface area (Å²) in [4.78, 5) is 14.7. The molecule has 0 radical (unpaired) electrons. The lowest BCUT2D eigenvalue weighted by atomic mass is 9.86. The zero-order valence-electron chi connectivity index (χ0n) is 12.6. The van der Waals surface area contributed by atoms with E-state index in [1.165, 1.54) is 0 Å². The Balaban J connectivity index is 1.49. The predicted octanol–water partition coefficient (Wildman–Crippen LogP) is 3.52. The lowest BCUT2D eigenvalue weighted by Gasteiger charge is -2.17. The van der Waals surface area contributed by atoms with E-state index in [1.807, 2.05) is 58.3 Å². The standard InChI is InChI=1S/C19H20N2O/c22-19(21-13-16-5-1-2-6-17(16)14-21)15-7-9-18(10-8-15)20-11-3-4-12-20/h1-4,7-12,16-17H,5-6,13-14H2. The number of carbonyl (C=O) groups excluding carboxylic acids is 1. The Labute approximate surface area is 130 Å². The van der Waals surface area contributed by atoms with Crippen LogP contribution in [0, 0.1) is 11.8 Å². The fourth-order valence-electron chi connectivity index (χ4n) is 3.65. The first kappa shape index (κ1) is 13.4. The molecular weight excluding hydrogens is 272 g/mol. The predicted molar refractivity (Wildman–Crippen MR) is 87.0 cm³/mol. The molecule has 2 atom stereocenters. The Hall–Kier alpha value is -2.29. The fourth-order valence-corrected chi connectivity index (χ4v) is 3.65. The molecule has 1 aromatic carbocycles. The number of rotatable bonds is 2. The summed E-state index contributed by atoms with van der Waals surface area (Å²) >= 11 is 0. The SMILES string of the molecule is O=C(c1ccc(-n2cccc2)cc1)N1CC2CC=CCC2C1. The van der Waals surface area contributed by atoms with Gasteiger partial charge in [-0.15, -0.1) is 0 Å². The van der Waals surface area contributed by atoms with E-state index in [4.69, 9.17) is 0 Å². The average Bonchev–Trinajstić information content (AvgIpc) is 3.23. The smallest absolute Gasteiger partial charge is 0.253 e. The molecule has 112 valence electrons. The van der Waals surface area contributed by atoms with E-state index >= 15 is 0 Å². The van der Waals surface area contributed by atoms with Crippen LogP contribution in [0.2, 0.25) is 0 Å². The van der Waals surface area contributed by atoms with Crippen molar-refractivity contribution in [3.8, 4) is 5.69 Å². The number of nitrogens with zero attached hydrogens (tertiary/aromatic N) is 2. The van der Waals surface area contributed by atoms with Gasteiger partial charge >= 0.3 is 0 Å². The van der Waals surface area contributed by atoms with Gasteiger partial charge in [0.2, 0.25) is 0 Å². The van der Waals surface area contributed by atoms with Gasteiger partial charge in [0.25, 0.3) is 5.91 Å². The summed E-state index contributed by atoms with van der Waals surface area (Å²) in [5.41, 5.74) is 1.88. The summed E-state index contributed by atoms with van der Waals surface area (Å²) in [6.45, 7) is 1.82. The molecule has 2 heterocycles. The van der Waals surface area contributed by atoms with E-state index in [0.29, 0.717) is 11.8 Å². The molecule has 3 nitrogen and oxygen atoms in total.